The van der Waals surface area contributed by atoms with Gasteiger partial charge in [0.2, 0.25) is 6.41 Å². The molecule has 196 valence electrons. The maximum atomic E-state index is 12.4. The minimum absolute atomic E-state index is 0.194. The van der Waals surface area contributed by atoms with Gasteiger partial charge in [0.25, 0.3) is 5.91 Å². The van der Waals surface area contributed by atoms with Crippen LogP contribution in [0.25, 0.3) is 0 Å². The second-order valence-electron chi connectivity index (χ2n) is 8.28. The van der Waals surface area contributed by atoms with Gasteiger partial charge in [-0.05, 0) is 67.6 Å². The highest BCUT2D eigenvalue weighted by Crippen LogP contribution is 2.17. The van der Waals surface area contributed by atoms with Crippen molar-refractivity contribution in [1.82, 2.24) is 0 Å². The Labute approximate surface area is 221 Å². The third-order valence-electron chi connectivity index (χ3n) is 5.62. The van der Waals surface area contributed by atoms with Crippen molar-refractivity contribution in [3.05, 3.63) is 89.5 Å². The van der Waals surface area contributed by atoms with Crippen LogP contribution in [-0.4, -0.2) is 56.6 Å². The monoisotopic (exact) mass is 514 g/mol. The fourth-order valence-corrected chi connectivity index (χ4v) is 3.56. The highest BCUT2D eigenvalue weighted by molar-refractivity contribution is 6.42. The Morgan fingerprint density at radius 3 is 2.00 bits per heavy atom. The van der Waals surface area contributed by atoms with Gasteiger partial charge in [-0.2, -0.15) is 0 Å². The van der Waals surface area contributed by atoms with Crippen LogP contribution >= 0.6 is 0 Å². The zero-order chi connectivity index (χ0) is 27.3. The molecule has 1 aliphatic rings. The first-order valence-electron chi connectivity index (χ1n) is 11.9. The number of amides is 2. The van der Waals surface area contributed by atoms with Crippen molar-refractivity contribution in [3.8, 4) is 0 Å². The van der Waals surface area contributed by atoms with E-state index in [1.165, 1.54) is 11.3 Å². The molecule has 0 spiro atoms. The zero-order valence-corrected chi connectivity index (χ0v) is 21.0. The van der Waals surface area contributed by atoms with E-state index in [4.69, 9.17) is 15.9 Å². The number of anilines is 3. The summed E-state index contributed by atoms with van der Waals surface area (Å²) in [4.78, 5) is 40.2. The van der Waals surface area contributed by atoms with Crippen molar-refractivity contribution in [2.45, 2.75) is 6.92 Å². The van der Waals surface area contributed by atoms with Gasteiger partial charge in [0.05, 0.1) is 13.2 Å². The second kappa shape index (κ2) is 14.0. The van der Waals surface area contributed by atoms with E-state index in [1.54, 1.807) is 48.5 Å². The third kappa shape index (κ3) is 8.10. The van der Waals surface area contributed by atoms with Crippen molar-refractivity contribution in [1.29, 1.82) is 5.41 Å². The number of hydrogen-bond acceptors (Lipinski definition) is 6. The van der Waals surface area contributed by atoms with Gasteiger partial charge in [-0.25, -0.2) is 4.99 Å². The number of hydrogen-bond donors (Lipinski definition) is 4. The summed E-state index contributed by atoms with van der Waals surface area (Å²) in [5.41, 5.74) is 9.94. The first kappa shape index (κ1) is 27.8. The van der Waals surface area contributed by atoms with E-state index >= 15 is 0 Å². The number of amidine groups is 1. The van der Waals surface area contributed by atoms with Gasteiger partial charge in [0, 0.05) is 41.3 Å². The van der Waals surface area contributed by atoms with Crippen LogP contribution in [0.5, 0.6) is 0 Å². The van der Waals surface area contributed by atoms with Gasteiger partial charge in [0.1, 0.15) is 6.34 Å². The van der Waals surface area contributed by atoms with Crippen molar-refractivity contribution in [2.24, 2.45) is 10.7 Å². The summed E-state index contributed by atoms with van der Waals surface area (Å²) in [5.74, 6) is -1.17. The number of carbonyl (C=O) groups is 3. The molecule has 38 heavy (non-hydrogen) atoms. The van der Waals surface area contributed by atoms with Crippen LogP contribution in [0.1, 0.15) is 21.5 Å². The topological polar surface area (TPSA) is 150 Å². The smallest absolute Gasteiger partial charge is 0.290 e. The molecule has 5 N–H and O–H groups in total. The summed E-state index contributed by atoms with van der Waals surface area (Å²) in [6.07, 6.45) is 1.23. The molecule has 10 heteroatoms. The number of rotatable bonds is 7. The SMILES string of the molecule is Cc1ccc(N2CCOCC2)cc1.N=CN=C(N)C(=O)Nc1ccc(C(=O)c2ccc(NC=O)cc2)cc1. The molecule has 0 saturated carbocycles. The normalized spacial score (nSPS) is 13.0. The lowest BCUT2D eigenvalue weighted by atomic mass is 10.0. The van der Waals surface area contributed by atoms with Crippen LogP contribution in [0.3, 0.4) is 0 Å². The van der Waals surface area contributed by atoms with Crippen LogP contribution in [0.15, 0.2) is 77.8 Å². The molecule has 0 bridgehead atoms. The van der Waals surface area contributed by atoms with Crippen LogP contribution < -0.4 is 21.3 Å². The number of nitrogens with zero attached hydrogens (tertiary/aromatic N) is 2. The van der Waals surface area contributed by atoms with Crippen LogP contribution in [0, 0.1) is 12.3 Å². The Balaban J connectivity index is 0.000000256. The molecule has 10 nitrogen and oxygen atoms in total. The Morgan fingerprint density at radius 2 is 1.47 bits per heavy atom. The Kier molecular flexibility index (Phi) is 10.3. The van der Waals surface area contributed by atoms with Crippen molar-refractivity contribution < 1.29 is 19.1 Å². The Hall–Kier alpha value is -4.83. The standard InChI is InChI=1S/C17H15N5O3.C11H15NO/c18-9-20-16(19)17(25)22-14-7-3-12(4-8-14)15(24)11-1-5-13(6-2-11)21-10-23;1-10-2-4-11(5-3-10)12-6-8-13-9-7-12/h1-10H,(H,21,23)(H,22,25)(H3,18,19,20);2-5H,6-9H2,1H3. The van der Waals surface area contributed by atoms with Crippen molar-refractivity contribution >= 4 is 47.3 Å². The van der Waals surface area contributed by atoms with Crippen molar-refractivity contribution in [2.75, 3.05) is 41.8 Å². The number of morpholine rings is 1. The second-order valence-corrected chi connectivity index (χ2v) is 8.28. The van der Waals surface area contributed by atoms with Gasteiger partial charge in [0.15, 0.2) is 11.6 Å². The van der Waals surface area contributed by atoms with Crippen LogP contribution in [0.4, 0.5) is 17.1 Å². The molecule has 4 rings (SSSR count). The Bertz CT molecular complexity index is 1270. The highest BCUT2D eigenvalue weighted by atomic mass is 16.5. The molecular weight excluding hydrogens is 484 g/mol. The van der Waals surface area contributed by atoms with E-state index in [-0.39, 0.29) is 11.6 Å². The fourth-order valence-electron chi connectivity index (χ4n) is 3.56. The maximum absolute atomic E-state index is 12.4. The average molecular weight is 515 g/mol. The van der Waals surface area contributed by atoms with Gasteiger partial charge in [-0.1, -0.05) is 17.7 Å². The van der Waals surface area contributed by atoms with E-state index in [2.05, 4.69) is 51.7 Å². The van der Waals surface area contributed by atoms with E-state index in [1.807, 2.05) is 0 Å². The van der Waals surface area contributed by atoms with E-state index in [0.717, 1.165) is 26.3 Å². The third-order valence-corrected chi connectivity index (χ3v) is 5.62. The Morgan fingerprint density at radius 1 is 0.921 bits per heavy atom. The van der Waals surface area contributed by atoms with E-state index in [9.17, 15) is 14.4 Å². The van der Waals surface area contributed by atoms with Gasteiger partial charge >= 0.3 is 0 Å². The molecule has 1 aliphatic heterocycles. The molecule has 0 aliphatic carbocycles. The number of nitrogens with two attached hydrogens (primary N) is 1. The molecule has 0 aromatic heterocycles. The van der Waals surface area contributed by atoms with Gasteiger partial charge in [-0.3, -0.25) is 19.8 Å². The van der Waals surface area contributed by atoms with Crippen LogP contribution in [-0.2, 0) is 14.3 Å². The lowest BCUT2D eigenvalue weighted by Gasteiger charge is -2.28. The number of ether oxygens (including phenoxy) is 1. The predicted octanol–water partition coefficient (Wildman–Crippen LogP) is 3.22. The van der Waals surface area contributed by atoms with E-state index < -0.39 is 5.91 Å². The molecule has 0 atom stereocenters. The molecule has 3 aromatic rings. The van der Waals surface area contributed by atoms with Gasteiger partial charge < -0.3 is 26.0 Å². The largest absolute Gasteiger partial charge is 0.379 e. The summed E-state index contributed by atoms with van der Waals surface area (Å²) >= 11 is 0. The minimum Gasteiger partial charge on any atom is -0.379 e. The number of ketones is 1. The highest BCUT2D eigenvalue weighted by Gasteiger charge is 2.11. The minimum atomic E-state index is -0.638. The molecule has 0 unspecified atom stereocenters. The maximum Gasteiger partial charge on any atom is 0.290 e. The number of nitrogens with one attached hydrogen (secondary N) is 3. The zero-order valence-electron chi connectivity index (χ0n) is 21.0. The first-order chi connectivity index (χ1) is 18.4. The molecule has 1 heterocycles. The van der Waals surface area contributed by atoms with Gasteiger partial charge in [-0.15, -0.1) is 0 Å². The summed E-state index contributed by atoms with van der Waals surface area (Å²) in [7, 11) is 0. The molecule has 3 aromatic carbocycles. The number of benzene rings is 3. The summed E-state index contributed by atoms with van der Waals surface area (Å²) < 4.78 is 5.30. The quantitative estimate of drug-likeness (QED) is 0.165. The summed E-state index contributed by atoms with van der Waals surface area (Å²) in [6, 6.07) is 21.4. The van der Waals surface area contributed by atoms with Crippen molar-refractivity contribution in [3.63, 3.8) is 0 Å². The predicted molar refractivity (Wildman–Crippen MR) is 149 cm³/mol. The van der Waals surface area contributed by atoms with Crippen LogP contribution in [0.2, 0.25) is 0 Å². The molecule has 2 amide bonds. The lowest BCUT2D eigenvalue weighted by molar-refractivity contribution is -0.110. The average Bonchev–Trinajstić information content (AvgIpc) is 2.95. The summed E-state index contributed by atoms with van der Waals surface area (Å²) in [6.45, 7) is 5.86. The first-order valence-corrected chi connectivity index (χ1v) is 11.9. The number of carbonyl (C=O) groups excluding carboxylic acids is 3. The molecule has 0 radical (unpaired) electrons. The molecule has 1 saturated heterocycles. The number of aliphatic imine (C=N–C) groups is 1. The fraction of sp³-hybridized carbons (Fsp3) is 0.179. The van der Waals surface area contributed by atoms with E-state index in [0.29, 0.717) is 35.3 Å². The lowest BCUT2D eigenvalue weighted by Crippen LogP contribution is -2.36. The molecular formula is C28H30N6O4. The summed E-state index contributed by atoms with van der Waals surface area (Å²) in [5, 5.41) is 11.8. The molecule has 1 fully saturated rings. The number of aryl methyl sites for hydroxylation is 1.